The number of aromatic nitrogens is 1. The van der Waals surface area contributed by atoms with E-state index in [9.17, 15) is 4.79 Å². The van der Waals surface area contributed by atoms with E-state index in [0.717, 1.165) is 10.0 Å². The maximum atomic E-state index is 10.7. The maximum Gasteiger partial charge on any atom is 0.374 e. The van der Waals surface area contributed by atoms with Gasteiger partial charge >= 0.3 is 5.97 Å². The van der Waals surface area contributed by atoms with Crippen molar-refractivity contribution in [3.05, 3.63) is 34.0 Å². The fourth-order valence-electron chi connectivity index (χ4n) is 1.60. The number of halogens is 1. The van der Waals surface area contributed by atoms with Gasteiger partial charge < -0.3 is 14.4 Å². The highest BCUT2D eigenvalue weighted by Gasteiger charge is 2.17. The molecule has 0 aliphatic heterocycles. The Hall–Kier alpha value is -1.82. The van der Waals surface area contributed by atoms with E-state index >= 15 is 0 Å². The first-order valence-electron chi connectivity index (χ1n) is 5.08. The fourth-order valence-corrected chi connectivity index (χ4v) is 2.41. The summed E-state index contributed by atoms with van der Waals surface area (Å²) in [6.07, 6.45) is 0. The van der Waals surface area contributed by atoms with Crippen LogP contribution in [0.3, 0.4) is 0 Å². The molecule has 1 aromatic heterocycles. The molecule has 0 aliphatic carbocycles. The zero-order valence-corrected chi connectivity index (χ0v) is 11.3. The summed E-state index contributed by atoms with van der Waals surface area (Å²) < 4.78 is 10.7. The molecule has 0 amide bonds. The molecule has 0 aliphatic rings. The number of methoxy groups -OCH3 is 1. The molecule has 0 unspecified atom stereocenters. The Bertz CT molecular complexity index is 606. The van der Waals surface area contributed by atoms with Gasteiger partial charge in [-0.25, -0.2) is 4.79 Å². The molecule has 1 heterocycles. The number of carboxylic acids is 1. The lowest BCUT2D eigenvalue weighted by Crippen LogP contribution is -1.92. The highest BCUT2D eigenvalue weighted by Crippen LogP contribution is 2.37. The van der Waals surface area contributed by atoms with Gasteiger partial charge in [0.15, 0.2) is 0 Å². The molecule has 0 bridgehead atoms. The van der Waals surface area contributed by atoms with Gasteiger partial charge in [-0.3, -0.25) is 0 Å². The summed E-state index contributed by atoms with van der Waals surface area (Å²) in [7, 11) is 1.57. The molecular weight excluding hydrogens is 302 g/mol. The number of ether oxygens (including phenoxy) is 1. The van der Waals surface area contributed by atoms with E-state index in [0.29, 0.717) is 17.0 Å². The van der Waals surface area contributed by atoms with Crippen LogP contribution in [0, 0.1) is 6.92 Å². The molecule has 6 heteroatoms. The number of aryl methyl sites for hydroxylation is 1. The van der Waals surface area contributed by atoms with Gasteiger partial charge in [0.2, 0.25) is 5.76 Å². The molecule has 0 atom stereocenters. The second-order valence-corrected chi connectivity index (χ2v) is 4.45. The van der Waals surface area contributed by atoms with Crippen LogP contribution >= 0.6 is 15.9 Å². The minimum absolute atomic E-state index is 0.198. The Labute approximate surface area is 111 Å². The average Bonchev–Trinajstić information content (AvgIpc) is 2.79. The van der Waals surface area contributed by atoms with Crippen LogP contribution in [0.2, 0.25) is 0 Å². The van der Waals surface area contributed by atoms with Crippen LogP contribution in [-0.2, 0) is 0 Å². The van der Waals surface area contributed by atoms with Crippen LogP contribution in [0.5, 0.6) is 5.75 Å². The van der Waals surface area contributed by atoms with Crippen molar-refractivity contribution in [1.29, 1.82) is 0 Å². The summed E-state index contributed by atoms with van der Waals surface area (Å²) in [6.45, 7) is 1.92. The molecule has 94 valence electrons. The summed E-state index contributed by atoms with van der Waals surface area (Å²) in [5.41, 5.74) is 2.13. The second-order valence-electron chi connectivity index (χ2n) is 3.66. The van der Waals surface area contributed by atoms with Gasteiger partial charge in [-0.1, -0.05) is 17.3 Å². The lowest BCUT2D eigenvalue weighted by atomic mass is 10.1. The average molecular weight is 312 g/mol. The van der Waals surface area contributed by atoms with Gasteiger partial charge in [-0.2, -0.15) is 0 Å². The predicted molar refractivity (Wildman–Crippen MR) is 67.9 cm³/mol. The largest absolute Gasteiger partial charge is 0.495 e. The number of carboxylic acid groups (broad SMARTS) is 1. The van der Waals surface area contributed by atoms with E-state index in [1.165, 1.54) is 6.07 Å². The van der Waals surface area contributed by atoms with Crippen molar-refractivity contribution in [2.45, 2.75) is 6.92 Å². The molecule has 0 saturated heterocycles. The van der Waals surface area contributed by atoms with Gasteiger partial charge in [-0.05, 0) is 28.4 Å². The molecule has 0 radical (unpaired) electrons. The van der Waals surface area contributed by atoms with Crippen molar-refractivity contribution in [2.75, 3.05) is 7.11 Å². The van der Waals surface area contributed by atoms with Crippen molar-refractivity contribution < 1.29 is 19.2 Å². The van der Waals surface area contributed by atoms with Gasteiger partial charge in [-0.15, -0.1) is 0 Å². The quantitative estimate of drug-likeness (QED) is 0.942. The Morgan fingerprint density at radius 2 is 2.22 bits per heavy atom. The number of aromatic carboxylic acids is 1. The highest BCUT2D eigenvalue weighted by molar-refractivity contribution is 9.10. The van der Waals surface area contributed by atoms with Crippen LogP contribution in [0.1, 0.15) is 16.1 Å². The van der Waals surface area contributed by atoms with Crippen LogP contribution < -0.4 is 4.74 Å². The van der Waals surface area contributed by atoms with Gasteiger partial charge in [0.05, 0.1) is 11.6 Å². The summed E-state index contributed by atoms with van der Waals surface area (Å²) in [5, 5.41) is 12.5. The topological polar surface area (TPSA) is 72.6 Å². The van der Waals surface area contributed by atoms with Crippen molar-refractivity contribution in [1.82, 2.24) is 5.16 Å². The SMILES string of the molecule is COc1c(C)ccc(-c2cc(C(=O)O)on2)c1Br. The number of carbonyl (C=O) groups is 1. The van der Waals surface area contributed by atoms with Crippen molar-refractivity contribution in [3.63, 3.8) is 0 Å². The summed E-state index contributed by atoms with van der Waals surface area (Å²) in [5.74, 6) is -0.659. The Kier molecular flexibility index (Phi) is 3.38. The zero-order chi connectivity index (χ0) is 13.3. The van der Waals surface area contributed by atoms with E-state index in [1.807, 2.05) is 19.1 Å². The number of nitrogens with zero attached hydrogens (tertiary/aromatic N) is 1. The highest BCUT2D eigenvalue weighted by atomic mass is 79.9. The summed E-state index contributed by atoms with van der Waals surface area (Å²) >= 11 is 3.42. The summed E-state index contributed by atoms with van der Waals surface area (Å²) in [4.78, 5) is 10.7. The van der Waals surface area contributed by atoms with E-state index in [-0.39, 0.29) is 5.76 Å². The van der Waals surface area contributed by atoms with E-state index < -0.39 is 5.97 Å². The van der Waals surface area contributed by atoms with E-state index in [4.69, 9.17) is 14.4 Å². The predicted octanol–water partition coefficient (Wildman–Crippen LogP) is 3.12. The maximum absolute atomic E-state index is 10.7. The molecule has 1 N–H and O–H groups in total. The van der Waals surface area contributed by atoms with E-state index in [1.54, 1.807) is 7.11 Å². The van der Waals surface area contributed by atoms with Gasteiger partial charge in [0.1, 0.15) is 11.4 Å². The number of hydrogen-bond acceptors (Lipinski definition) is 4. The third-order valence-electron chi connectivity index (χ3n) is 2.49. The van der Waals surface area contributed by atoms with Crippen molar-refractivity contribution in [2.24, 2.45) is 0 Å². The lowest BCUT2D eigenvalue weighted by Gasteiger charge is -2.09. The second kappa shape index (κ2) is 4.81. The lowest BCUT2D eigenvalue weighted by molar-refractivity contribution is 0.0652. The first-order chi connectivity index (χ1) is 8.54. The van der Waals surface area contributed by atoms with Crippen LogP contribution in [0.4, 0.5) is 0 Å². The Morgan fingerprint density at radius 3 is 2.78 bits per heavy atom. The fraction of sp³-hybridized carbons (Fsp3) is 0.167. The minimum Gasteiger partial charge on any atom is -0.495 e. The molecule has 0 spiro atoms. The Morgan fingerprint density at radius 1 is 1.50 bits per heavy atom. The van der Waals surface area contributed by atoms with Crippen molar-refractivity contribution >= 4 is 21.9 Å². The third kappa shape index (κ3) is 2.11. The van der Waals surface area contributed by atoms with E-state index in [2.05, 4.69) is 21.1 Å². The van der Waals surface area contributed by atoms with Gasteiger partial charge in [0, 0.05) is 11.6 Å². The monoisotopic (exact) mass is 311 g/mol. The first-order valence-corrected chi connectivity index (χ1v) is 5.87. The molecule has 0 saturated carbocycles. The number of rotatable bonds is 3. The zero-order valence-electron chi connectivity index (χ0n) is 9.73. The summed E-state index contributed by atoms with van der Waals surface area (Å²) in [6, 6.07) is 5.07. The molecule has 1 aromatic carbocycles. The molecule has 5 nitrogen and oxygen atoms in total. The number of benzene rings is 1. The van der Waals surface area contributed by atoms with Gasteiger partial charge in [0.25, 0.3) is 0 Å². The van der Waals surface area contributed by atoms with Crippen LogP contribution in [-0.4, -0.2) is 23.3 Å². The molecule has 18 heavy (non-hydrogen) atoms. The smallest absolute Gasteiger partial charge is 0.374 e. The Balaban J connectivity index is 2.53. The molecule has 2 aromatic rings. The molecular formula is C12H10BrNO4. The first kappa shape index (κ1) is 12.6. The van der Waals surface area contributed by atoms with Crippen LogP contribution in [0.25, 0.3) is 11.3 Å². The van der Waals surface area contributed by atoms with Crippen LogP contribution in [0.15, 0.2) is 27.2 Å². The molecule has 2 rings (SSSR count). The standard InChI is InChI=1S/C12H10BrNO4/c1-6-3-4-7(10(13)11(6)17-2)8-5-9(12(15)16)18-14-8/h3-5H,1-2H3,(H,15,16). The third-order valence-corrected chi connectivity index (χ3v) is 3.28. The number of hydrogen-bond donors (Lipinski definition) is 1. The molecule has 0 fully saturated rings. The minimum atomic E-state index is -1.15. The normalized spacial score (nSPS) is 10.4. The van der Waals surface area contributed by atoms with Crippen molar-refractivity contribution in [3.8, 4) is 17.0 Å².